The molecule has 0 saturated heterocycles. The summed E-state index contributed by atoms with van der Waals surface area (Å²) in [4.78, 5) is 24.4. The maximum absolute atomic E-state index is 11.8. The largest absolute Gasteiger partial charge is 0.355 e. The van der Waals surface area contributed by atoms with Crippen LogP contribution in [0.2, 0.25) is 0 Å². The van der Waals surface area contributed by atoms with Crippen LogP contribution in [0.25, 0.3) is 0 Å². The predicted molar refractivity (Wildman–Crippen MR) is 68.0 cm³/mol. The summed E-state index contributed by atoms with van der Waals surface area (Å²) in [5.41, 5.74) is -0.365. The average molecular weight is 285 g/mol. The molecule has 1 aromatic rings. The number of hydrogen-bond acceptors (Lipinski definition) is 4. The zero-order valence-corrected chi connectivity index (χ0v) is 11.0. The van der Waals surface area contributed by atoms with E-state index in [1.54, 1.807) is 0 Å². The number of aromatic nitrogens is 1. The van der Waals surface area contributed by atoms with Crippen LogP contribution in [-0.4, -0.2) is 32.4 Å². The number of sulfonamides is 1. The molecule has 1 aliphatic carbocycles. The van der Waals surface area contributed by atoms with Crippen LogP contribution in [0.4, 0.5) is 0 Å². The lowest BCUT2D eigenvalue weighted by atomic mass is 10.4. The molecule has 1 saturated carbocycles. The minimum Gasteiger partial charge on any atom is -0.355 e. The average Bonchev–Trinajstić information content (AvgIpc) is 3.19. The van der Waals surface area contributed by atoms with Crippen LogP contribution >= 0.6 is 0 Å². The van der Waals surface area contributed by atoms with Crippen molar-refractivity contribution < 1.29 is 13.2 Å². The highest BCUT2D eigenvalue weighted by Gasteiger charge is 2.29. The number of amides is 1. The molecule has 0 aliphatic heterocycles. The van der Waals surface area contributed by atoms with Gasteiger partial charge in [-0.05, 0) is 18.9 Å². The first-order chi connectivity index (χ1) is 8.99. The maximum Gasteiger partial charge on any atom is 0.247 e. The van der Waals surface area contributed by atoms with Crippen molar-refractivity contribution in [2.24, 2.45) is 5.92 Å². The van der Waals surface area contributed by atoms with Gasteiger partial charge in [-0.15, -0.1) is 0 Å². The van der Waals surface area contributed by atoms with Crippen LogP contribution in [0.15, 0.2) is 28.0 Å². The van der Waals surface area contributed by atoms with E-state index in [1.807, 2.05) is 0 Å². The third kappa shape index (κ3) is 3.90. The zero-order valence-electron chi connectivity index (χ0n) is 10.2. The first-order valence-corrected chi connectivity index (χ1v) is 7.43. The molecular weight excluding hydrogens is 270 g/mol. The molecule has 1 heterocycles. The van der Waals surface area contributed by atoms with Gasteiger partial charge in [-0.1, -0.05) is 0 Å². The van der Waals surface area contributed by atoms with E-state index in [0.29, 0.717) is 0 Å². The lowest BCUT2D eigenvalue weighted by molar-refractivity contribution is -0.122. The Morgan fingerprint density at radius 3 is 2.63 bits per heavy atom. The number of hydrogen-bond donors (Lipinski definition) is 3. The van der Waals surface area contributed by atoms with Crippen LogP contribution in [0.1, 0.15) is 12.8 Å². The Morgan fingerprint density at radius 1 is 1.32 bits per heavy atom. The van der Waals surface area contributed by atoms with E-state index in [2.05, 4.69) is 15.0 Å². The van der Waals surface area contributed by atoms with Gasteiger partial charge in [0.05, 0.1) is 4.90 Å². The Bertz CT molecular complexity index is 599. The molecule has 8 heteroatoms. The molecule has 1 amide bonds. The molecule has 0 radical (unpaired) electrons. The van der Waals surface area contributed by atoms with Crippen molar-refractivity contribution in [2.45, 2.75) is 17.7 Å². The molecule has 1 aliphatic rings. The van der Waals surface area contributed by atoms with Gasteiger partial charge in [0, 0.05) is 31.3 Å². The van der Waals surface area contributed by atoms with Gasteiger partial charge in [0.25, 0.3) is 0 Å². The van der Waals surface area contributed by atoms with Crippen molar-refractivity contribution in [3.63, 3.8) is 0 Å². The number of aromatic amines is 1. The summed E-state index contributed by atoms with van der Waals surface area (Å²) in [5.74, 6) is 0.0824. The second kappa shape index (κ2) is 5.54. The van der Waals surface area contributed by atoms with E-state index in [-0.39, 0.29) is 35.4 Å². The Balaban J connectivity index is 1.82. The number of carbonyl (C=O) groups is 1. The molecule has 3 N–H and O–H groups in total. The molecule has 0 aromatic carbocycles. The third-order valence-corrected chi connectivity index (χ3v) is 4.19. The van der Waals surface area contributed by atoms with Crippen LogP contribution in [0.5, 0.6) is 0 Å². The highest BCUT2D eigenvalue weighted by atomic mass is 32.2. The Morgan fingerprint density at radius 2 is 2.05 bits per heavy atom. The molecule has 7 nitrogen and oxygen atoms in total. The SMILES string of the molecule is O=C(NCCNS(=O)(=O)c1ccc(=O)[nH]c1)C1CC1. The third-order valence-electron chi connectivity index (χ3n) is 2.73. The Kier molecular flexibility index (Phi) is 4.01. The van der Waals surface area contributed by atoms with E-state index >= 15 is 0 Å². The number of H-pyrrole nitrogens is 1. The van der Waals surface area contributed by atoms with Crippen molar-refractivity contribution in [1.82, 2.24) is 15.0 Å². The van der Waals surface area contributed by atoms with Crippen LogP contribution in [0.3, 0.4) is 0 Å². The number of rotatable bonds is 6. The highest BCUT2D eigenvalue weighted by molar-refractivity contribution is 7.89. The molecule has 1 aromatic heterocycles. The monoisotopic (exact) mass is 285 g/mol. The molecule has 0 bridgehead atoms. The van der Waals surface area contributed by atoms with Crippen molar-refractivity contribution in [1.29, 1.82) is 0 Å². The van der Waals surface area contributed by atoms with Gasteiger partial charge in [0.1, 0.15) is 0 Å². The summed E-state index contributed by atoms with van der Waals surface area (Å²) in [6.45, 7) is 0.359. The molecule has 19 heavy (non-hydrogen) atoms. The fourth-order valence-electron chi connectivity index (χ4n) is 1.51. The van der Waals surface area contributed by atoms with Crippen molar-refractivity contribution >= 4 is 15.9 Å². The van der Waals surface area contributed by atoms with Gasteiger partial charge < -0.3 is 10.3 Å². The van der Waals surface area contributed by atoms with Gasteiger partial charge in [-0.2, -0.15) is 0 Å². The van der Waals surface area contributed by atoms with Crippen LogP contribution in [-0.2, 0) is 14.8 Å². The first kappa shape index (κ1) is 13.8. The summed E-state index contributed by atoms with van der Waals surface area (Å²) >= 11 is 0. The van der Waals surface area contributed by atoms with Gasteiger partial charge in [-0.3, -0.25) is 9.59 Å². The molecule has 0 unspecified atom stereocenters. The molecule has 2 rings (SSSR count). The minimum atomic E-state index is -3.65. The van der Waals surface area contributed by atoms with Gasteiger partial charge in [-0.25, -0.2) is 13.1 Å². The molecule has 0 spiro atoms. The summed E-state index contributed by atoms with van der Waals surface area (Å²) in [6.07, 6.45) is 2.96. The maximum atomic E-state index is 11.8. The van der Waals surface area contributed by atoms with Crippen molar-refractivity contribution in [2.75, 3.05) is 13.1 Å². The summed E-state index contributed by atoms with van der Waals surface area (Å²) < 4.78 is 25.9. The first-order valence-electron chi connectivity index (χ1n) is 5.95. The predicted octanol–water partition coefficient (Wildman–Crippen LogP) is -0.821. The van der Waals surface area contributed by atoms with Gasteiger partial charge in [0.2, 0.25) is 21.5 Å². The molecule has 104 valence electrons. The molecule has 1 fully saturated rings. The zero-order chi connectivity index (χ0) is 13.9. The summed E-state index contributed by atoms with van der Waals surface area (Å²) in [5, 5.41) is 2.65. The van der Waals surface area contributed by atoms with E-state index in [1.165, 1.54) is 6.07 Å². The van der Waals surface area contributed by atoms with Crippen LogP contribution < -0.4 is 15.6 Å². The Hall–Kier alpha value is -1.67. The number of carbonyl (C=O) groups excluding carboxylic acids is 1. The van der Waals surface area contributed by atoms with E-state index in [9.17, 15) is 18.0 Å². The number of nitrogens with one attached hydrogen (secondary N) is 3. The smallest absolute Gasteiger partial charge is 0.247 e. The number of pyridine rings is 1. The topological polar surface area (TPSA) is 108 Å². The fraction of sp³-hybridized carbons (Fsp3) is 0.455. The molecule has 0 atom stereocenters. The van der Waals surface area contributed by atoms with Crippen molar-refractivity contribution in [3.8, 4) is 0 Å². The lowest BCUT2D eigenvalue weighted by Gasteiger charge is -2.07. The van der Waals surface area contributed by atoms with Gasteiger partial charge in [0.15, 0.2) is 0 Å². The Labute approximate surface area is 110 Å². The summed E-state index contributed by atoms with van der Waals surface area (Å²) in [6, 6.07) is 2.37. The highest BCUT2D eigenvalue weighted by Crippen LogP contribution is 2.28. The standard InChI is InChI=1S/C11H15N3O4S/c15-10-4-3-9(7-13-10)19(17,18)14-6-5-12-11(16)8-1-2-8/h3-4,7-8,14H,1-2,5-6H2,(H,12,16)(H,13,15). The lowest BCUT2D eigenvalue weighted by Crippen LogP contribution is -2.35. The van der Waals surface area contributed by atoms with E-state index < -0.39 is 10.0 Å². The second-order valence-corrected chi connectivity index (χ2v) is 6.12. The van der Waals surface area contributed by atoms with Gasteiger partial charge >= 0.3 is 0 Å². The molecular formula is C11H15N3O4S. The van der Waals surface area contributed by atoms with Crippen molar-refractivity contribution in [3.05, 3.63) is 28.7 Å². The van der Waals surface area contributed by atoms with E-state index in [4.69, 9.17) is 0 Å². The summed E-state index contributed by atoms with van der Waals surface area (Å²) in [7, 11) is -3.65. The van der Waals surface area contributed by atoms with Crippen LogP contribution in [0, 0.1) is 5.92 Å². The normalized spacial score (nSPS) is 15.2. The second-order valence-electron chi connectivity index (χ2n) is 4.35. The quantitative estimate of drug-likeness (QED) is 0.593. The minimum absolute atomic E-state index is 0.0133. The van der Waals surface area contributed by atoms with E-state index in [0.717, 1.165) is 25.1 Å². The fourth-order valence-corrected chi connectivity index (χ4v) is 2.51.